The van der Waals surface area contributed by atoms with Gasteiger partial charge >= 0.3 is 0 Å². The second kappa shape index (κ2) is 5.86. The summed E-state index contributed by atoms with van der Waals surface area (Å²) in [6.07, 6.45) is 0. The molecule has 0 unspecified atom stereocenters. The first kappa shape index (κ1) is 18.0. The van der Waals surface area contributed by atoms with Crippen LogP contribution in [0.4, 0.5) is 0 Å². The minimum Gasteiger partial charge on any atom is -0.226 e. The average Bonchev–Trinajstić information content (AvgIpc) is 2.88. The Bertz CT molecular complexity index is 929. The van der Waals surface area contributed by atoms with Crippen molar-refractivity contribution in [2.45, 2.75) is 52.4 Å². The summed E-state index contributed by atoms with van der Waals surface area (Å²) in [7, 11) is 0. The number of nitrogens with zero attached hydrogens (tertiary/aromatic N) is 2. The standard InChI is InChI=1S/C24H24N2/c1-23(2,3)15-8-10-17-18-11-9-16(24(4,5)6)13-20(18)22(19(17)12-15)21(14-25)26-7/h8-13H,1-6H3. The van der Waals surface area contributed by atoms with E-state index in [-0.39, 0.29) is 16.5 Å². The van der Waals surface area contributed by atoms with Crippen molar-refractivity contribution in [2.75, 3.05) is 0 Å². The van der Waals surface area contributed by atoms with Gasteiger partial charge in [-0.3, -0.25) is 0 Å². The Labute approximate surface area is 156 Å². The predicted octanol–water partition coefficient (Wildman–Crippen LogP) is 6.46. The Morgan fingerprint density at radius 3 is 1.54 bits per heavy atom. The summed E-state index contributed by atoms with van der Waals surface area (Å²) in [5.41, 5.74) is 7.62. The summed E-state index contributed by atoms with van der Waals surface area (Å²) in [6.45, 7) is 20.6. The Morgan fingerprint density at radius 1 is 0.808 bits per heavy atom. The highest BCUT2D eigenvalue weighted by Crippen LogP contribution is 2.48. The molecule has 0 atom stereocenters. The van der Waals surface area contributed by atoms with Crippen molar-refractivity contribution in [1.82, 2.24) is 0 Å². The molecular weight excluding hydrogens is 316 g/mol. The third kappa shape index (κ3) is 2.83. The molecule has 0 N–H and O–H groups in total. The summed E-state index contributed by atoms with van der Waals surface area (Å²) in [4.78, 5) is 3.54. The van der Waals surface area contributed by atoms with Gasteiger partial charge in [0.1, 0.15) is 0 Å². The molecule has 26 heavy (non-hydrogen) atoms. The maximum atomic E-state index is 9.57. The summed E-state index contributed by atoms with van der Waals surface area (Å²) < 4.78 is 0. The van der Waals surface area contributed by atoms with Crippen LogP contribution in [0.1, 0.15) is 63.8 Å². The van der Waals surface area contributed by atoms with E-state index in [9.17, 15) is 5.26 Å². The van der Waals surface area contributed by atoms with Crippen molar-refractivity contribution in [3.05, 3.63) is 75.8 Å². The third-order valence-corrected chi connectivity index (χ3v) is 5.05. The van der Waals surface area contributed by atoms with E-state index >= 15 is 0 Å². The molecule has 1 aliphatic rings. The maximum absolute atomic E-state index is 9.57. The quantitative estimate of drug-likeness (QED) is 0.341. The van der Waals surface area contributed by atoms with Crippen LogP contribution in [0.15, 0.2) is 42.1 Å². The van der Waals surface area contributed by atoms with E-state index in [1.165, 1.54) is 11.1 Å². The minimum atomic E-state index is 0.0103. The van der Waals surface area contributed by atoms with Crippen molar-refractivity contribution in [2.24, 2.45) is 0 Å². The van der Waals surface area contributed by atoms with Crippen molar-refractivity contribution in [3.63, 3.8) is 0 Å². The van der Waals surface area contributed by atoms with Gasteiger partial charge in [-0.1, -0.05) is 77.9 Å². The summed E-state index contributed by atoms with van der Waals surface area (Å²) in [5, 5.41) is 9.57. The van der Waals surface area contributed by atoms with Crippen LogP contribution in [0.25, 0.3) is 21.5 Å². The molecule has 2 aromatic carbocycles. The zero-order valence-corrected chi connectivity index (χ0v) is 16.4. The predicted molar refractivity (Wildman–Crippen MR) is 108 cm³/mol. The normalized spacial score (nSPS) is 12.8. The monoisotopic (exact) mass is 340 g/mol. The largest absolute Gasteiger partial charge is 0.270 e. The van der Waals surface area contributed by atoms with E-state index in [1.54, 1.807) is 0 Å². The van der Waals surface area contributed by atoms with E-state index in [4.69, 9.17) is 6.57 Å². The molecule has 0 heterocycles. The van der Waals surface area contributed by atoms with Crippen LogP contribution in [0.3, 0.4) is 0 Å². The second-order valence-corrected chi connectivity index (χ2v) is 8.97. The molecule has 0 fully saturated rings. The molecular formula is C24H24N2. The maximum Gasteiger partial charge on any atom is 0.270 e. The molecule has 130 valence electrons. The van der Waals surface area contributed by atoms with Gasteiger partial charge in [0.05, 0.1) is 12.6 Å². The highest BCUT2D eigenvalue weighted by molar-refractivity contribution is 6.03. The van der Waals surface area contributed by atoms with Crippen molar-refractivity contribution in [1.29, 1.82) is 5.26 Å². The zero-order chi connectivity index (χ0) is 19.3. The van der Waals surface area contributed by atoms with Crippen LogP contribution in [0.2, 0.25) is 0 Å². The first-order valence-electron chi connectivity index (χ1n) is 8.90. The average molecular weight is 340 g/mol. The van der Waals surface area contributed by atoms with Crippen LogP contribution in [-0.2, 0) is 10.8 Å². The van der Waals surface area contributed by atoms with E-state index in [1.807, 2.05) is 0 Å². The highest BCUT2D eigenvalue weighted by Gasteiger charge is 2.29. The number of fused-ring (bicyclic) bond motifs is 3. The number of benzene rings is 2. The Balaban J connectivity index is 2.37. The molecule has 0 aliphatic heterocycles. The molecule has 0 radical (unpaired) electrons. The van der Waals surface area contributed by atoms with E-state index in [0.29, 0.717) is 0 Å². The molecule has 3 rings (SSSR count). The number of hydrogen-bond donors (Lipinski definition) is 0. The lowest BCUT2D eigenvalue weighted by Crippen LogP contribution is -2.11. The van der Waals surface area contributed by atoms with Gasteiger partial charge in [-0.25, -0.2) is 10.1 Å². The van der Waals surface area contributed by atoms with Gasteiger partial charge in [-0.2, -0.15) is 0 Å². The topological polar surface area (TPSA) is 28.1 Å². The molecule has 2 heteroatoms. The summed E-state index contributed by atoms with van der Waals surface area (Å²) in [5.74, 6) is 0. The van der Waals surface area contributed by atoms with Gasteiger partial charge in [0.15, 0.2) is 0 Å². The molecule has 0 saturated heterocycles. The fraction of sp³-hybridized carbons (Fsp3) is 0.333. The van der Waals surface area contributed by atoms with Crippen LogP contribution in [0, 0.1) is 17.9 Å². The van der Waals surface area contributed by atoms with Crippen molar-refractivity contribution < 1.29 is 0 Å². The van der Waals surface area contributed by atoms with Gasteiger partial charge in [-0.15, -0.1) is 0 Å². The van der Waals surface area contributed by atoms with Crippen molar-refractivity contribution in [3.8, 4) is 17.2 Å². The lowest BCUT2D eigenvalue weighted by molar-refractivity contribution is 0.590. The fourth-order valence-electron chi connectivity index (χ4n) is 3.44. The van der Waals surface area contributed by atoms with Gasteiger partial charge in [0.2, 0.25) is 0 Å². The fourth-order valence-corrected chi connectivity index (χ4v) is 3.44. The molecule has 2 nitrogen and oxygen atoms in total. The third-order valence-electron chi connectivity index (χ3n) is 5.05. The molecule has 1 aliphatic carbocycles. The van der Waals surface area contributed by atoms with Gasteiger partial charge in [0, 0.05) is 5.57 Å². The summed E-state index contributed by atoms with van der Waals surface area (Å²) in [6, 6.07) is 15.0. The van der Waals surface area contributed by atoms with Gasteiger partial charge < -0.3 is 0 Å². The first-order valence-corrected chi connectivity index (χ1v) is 8.90. The van der Waals surface area contributed by atoms with Crippen LogP contribution >= 0.6 is 0 Å². The lowest BCUT2D eigenvalue weighted by Gasteiger charge is -2.20. The Hall–Kier alpha value is -2.84. The van der Waals surface area contributed by atoms with Gasteiger partial charge in [0.25, 0.3) is 5.70 Å². The van der Waals surface area contributed by atoms with Crippen LogP contribution in [0.5, 0.6) is 0 Å². The van der Waals surface area contributed by atoms with Gasteiger partial charge in [-0.05, 0) is 44.2 Å². The summed E-state index contributed by atoms with van der Waals surface area (Å²) >= 11 is 0. The van der Waals surface area contributed by atoms with Crippen LogP contribution in [-0.4, -0.2) is 0 Å². The number of nitriles is 1. The lowest BCUT2D eigenvalue weighted by atomic mass is 9.84. The van der Waals surface area contributed by atoms with Crippen molar-refractivity contribution >= 4 is 5.57 Å². The minimum absolute atomic E-state index is 0.0103. The molecule has 0 aromatic heterocycles. The number of allylic oxidation sites excluding steroid dienone is 1. The molecule has 0 spiro atoms. The smallest absolute Gasteiger partial charge is 0.226 e. The van der Waals surface area contributed by atoms with Crippen LogP contribution < -0.4 is 0 Å². The molecule has 0 amide bonds. The highest BCUT2D eigenvalue weighted by atomic mass is 14.7. The second-order valence-electron chi connectivity index (χ2n) is 8.97. The van der Waals surface area contributed by atoms with E-state index in [0.717, 1.165) is 27.8 Å². The molecule has 0 saturated carbocycles. The molecule has 0 bridgehead atoms. The Morgan fingerprint density at radius 2 is 1.23 bits per heavy atom. The number of rotatable bonds is 0. The first-order chi connectivity index (χ1) is 12.1. The van der Waals surface area contributed by atoms with E-state index < -0.39 is 0 Å². The SMILES string of the molecule is [C-]#[N+]C(C#N)=C1c2cc(C(C)(C)C)ccc2-c2ccc(C(C)(C)C)cc21. The Kier molecular flexibility index (Phi) is 4.05. The number of hydrogen-bond acceptors (Lipinski definition) is 1. The van der Waals surface area contributed by atoms with E-state index in [2.05, 4.69) is 88.9 Å². The molecule has 2 aromatic rings. The zero-order valence-electron chi connectivity index (χ0n) is 16.4.